The average molecular weight is 499 g/mol. The van der Waals surface area contributed by atoms with Crippen LogP contribution in [0.25, 0.3) is 66.1 Å². The second kappa shape index (κ2) is 7.62. The fourth-order valence-electron chi connectivity index (χ4n) is 6.48. The third-order valence-electron chi connectivity index (χ3n) is 8.12. The Morgan fingerprint density at radius 3 is 1.77 bits per heavy atom. The zero-order valence-electron chi connectivity index (χ0n) is 21.0. The molecule has 0 aliphatic carbocycles. The van der Waals surface area contributed by atoms with Crippen molar-refractivity contribution < 1.29 is 4.74 Å². The number of rotatable bonds is 2. The predicted molar refractivity (Wildman–Crippen MR) is 161 cm³/mol. The highest BCUT2D eigenvalue weighted by Crippen LogP contribution is 2.47. The summed E-state index contributed by atoms with van der Waals surface area (Å²) in [5, 5.41) is 4.99. The van der Waals surface area contributed by atoms with Crippen LogP contribution in [0.2, 0.25) is 0 Å². The standard InChI is InChI=1S/C36H22N2O/c1-3-14-30-26(9-1)27-10-2-4-15-31(27)37(30)24-21-19-23(20-22-24)25-11-7-12-28-29-13-8-18-34-36(29)38(35(25)28)32-16-5-6-17-33(32)39-34/h1-22H. The number of hydrogen-bond acceptors (Lipinski definition) is 1. The molecular formula is C36H22N2O. The van der Waals surface area contributed by atoms with Crippen LogP contribution in [0.5, 0.6) is 11.5 Å². The first-order valence-electron chi connectivity index (χ1n) is 13.3. The molecule has 1 aliphatic rings. The fraction of sp³-hybridized carbons (Fsp3) is 0. The van der Waals surface area contributed by atoms with Crippen molar-refractivity contribution in [1.29, 1.82) is 0 Å². The summed E-state index contributed by atoms with van der Waals surface area (Å²) in [4.78, 5) is 0. The molecule has 0 amide bonds. The van der Waals surface area contributed by atoms with Crippen molar-refractivity contribution in [3.05, 3.63) is 133 Å². The van der Waals surface area contributed by atoms with E-state index in [1.54, 1.807) is 0 Å². The summed E-state index contributed by atoms with van der Waals surface area (Å²) in [6.07, 6.45) is 0. The third-order valence-corrected chi connectivity index (χ3v) is 8.12. The molecule has 0 atom stereocenters. The first kappa shape index (κ1) is 20.7. The third kappa shape index (κ3) is 2.76. The average Bonchev–Trinajstić information content (AvgIpc) is 3.52. The Labute approximate surface area is 224 Å². The number of hydrogen-bond donors (Lipinski definition) is 0. The minimum absolute atomic E-state index is 0.881. The van der Waals surface area contributed by atoms with E-state index in [2.05, 4.69) is 130 Å². The molecule has 3 heteroatoms. The molecule has 9 rings (SSSR count). The van der Waals surface area contributed by atoms with E-state index in [0.717, 1.165) is 28.4 Å². The van der Waals surface area contributed by atoms with Gasteiger partial charge in [0.05, 0.1) is 27.8 Å². The molecule has 0 fully saturated rings. The van der Waals surface area contributed by atoms with Gasteiger partial charge >= 0.3 is 0 Å². The normalized spacial score (nSPS) is 12.3. The lowest BCUT2D eigenvalue weighted by Crippen LogP contribution is -2.04. The van der Waals surface area contributed by atoms with Crippen molar-refractivity contribution in [2.24, 2.45) is 0 Å². The highest BCUT2D eigenvalue weighted by atomic mass is 16.5. The van der Waals surface area contributed by atoms with Crippen LogP contribution < -0.4 is 4.74 Å². The van der Waals surface area contributed by atoms with Crippen LogP contribution in [0.3, 0.4) is 0 Å². The molecule has 0 saturated carbocycles. The van der Waals surface area contributed by atoms with Crippen LogP contribution in [0, 0.1) is 0 Å². The molecule has 0 radical (unpaired) electrons. The summed E-state index contributed by atoms with van der Waals surface area (Å²) in [5.74, 6) is 1.78. The van der Waals surface area contributed by atoms with E-state index >= 15 is 0 Å². The van der Waals surface area contributed by atoms with Crippen LogP contribution in [0.4, 0.5) is 0 Å². The maximum atomic E-state index is 6.33. The molecule has 39 heavy (non-hydrogen) atoms. The second-order valence-corrected chi connectivity index (χ2v) is 10.2. The molecule has 3 nitrogen and oxygen atoms in total. The first-order valence-corrected chi connectivity index (χ1v) is 13.3. The summed E-state index contributed by atoms with van der Waals surface area (Å²) < 4.78 is 11.1. The zero-order valence-corrected chi connectivity index (χ0v) is 21.0. The maximum absolute atomic E-state index is 6.33. The Morgan fingerprint density at radius 1 is 0.410 bits per heavy atom. The van der Waals surface area contributed by atoms with Gasteiger partial charge in [0.2, 0.25) is 0 Å². The van der Waals surface area contributed by atoms with E-state index in [0.29, 0.717) is 0 Å². The summed E-state index contributed by atoms with van der Waals surface area (Å²) in [5.41, 5.74) is 9.41. The first-order chi connectivity index (χ1) is 19.4. The number of aromatic nitrogens is 2. The smallest absolute Gasteiger partial charge is 0.152 e. The van der Waals surface area contributed by atoms with Gasteiger partial charge in [0, 0.05) is 32.8 Å². The summed E-state index contributed by atoms with van der Waals surface area (Å²) in [6.45, 7) is 0. The Balaban J connectivity index is 1.29. The van der Waals surface area contributed by atoms with Crippen LogP contribution >= 0.6 is 0 Å². The molecule has 3 heterocycles. The van der Waals surface area contributed by atoms with Gasteiger partial charge in [-0.15, -0.1) is 0 Å². The maximum Gasteiger partial charge on any atom is 0.152 e. The van der Waals surface area contributed by atoms with E-state index < -0.39 is 0 Å². The zero-order chi connectivity index (χ0) is 25.5. The summed E-state index contributed by atoms with van der Waals surface area (Å²) in [6, 6.07) is 47.6. The minimum atomic E-state index is 0.881. The molecule has 0 saturated heterocycles. The minimum Gasteiger partial charge on any atom is -0.453 e. The number of benzene rings is 6. The van der Waals surface area contributed by atoms with Gasteiger partial charge in [-0.2, -0.15) is 0 Å². The van der Waals surface area contributed by atoms with Gasteiger partial charge in [0.25, 0.3) is 0 Å². The number of fused-ring (bicyclic) bond motifs is 8. The predicted octanol–water partition coefficient (Wildman–Crippen LogP) is 9.65. The van der Waals surface area contributed by atoms with Crippen molar-refractivity contribution in [3.8, 4) is 34.0 Å². The van der Waals surface area contributed by atoms with Gasteiger partial charge in [0.15, 0.2) is 11.5 Å². The van der Waals surface area contributed by atoms with Crippen molar-refractivity contribution >= 4 is 43.6 Å². The van der Waals surface area contributed by atoms with Crippen LogP contribution in [-0.2, 0) is 0 Å². The van der Waals surface area contributed by atoms with E-state index in [-0.39, 0.29) is 0 Å². The monoisotopic (exact) mass is 498 g/mol. The largest absolute Gasteiger partial charge is 0.453 e. The van der Waals surface area contributed by atoms with E-state index in [1.807, 2.05) is 12.1 Å². The molecule has 0 bridgehead atoms. The number of nitrogens with zero attached hydrogens (tertiary/aromatic N) is 2. The number of ether oxygens (including phenoxy) is 1. The van der Waals surface area contributed by atoms with E-state index in [4.69, 9.17) is 4.74 Å². The summed E-state index contributed by atoms with van der Waals surface area (Å²) >= 11 is 0. The molecule has 2 aromatic heterocycles. The number of para-hydroxylation sites is 6. The highest BCUT2D eigenvalue weighted by Gasteiger charge is 2.25. The quantitative estimate of drug-likeness (QED) is 0.232. The van der Waals surface area contributed by atoms with Crippen LogP contribution in [0.15, 0.2) is 133 Å². The van der Waals surface area contributed by atoms with Crippen LogP contribution in [0.1, 0.15) is 0 Å². The highest BCUT2D eigenvalue weighted by molar-refractivity contribution is 6.16. The SMILES string of the molecule is c1ccc2c(c1)Oc1cccc3c4cccc(-c5ccc(-n6c7ccccc7c7ccccc76)cc5)c4n-2c13. The molecule has 0 unspecified atom stereocenters. The molecule has 1 aliphatic heterocycles. The Kier molecular flexibility index (Phi) is 4.05. The topological polar surface area (TPSA) is 19.1 Å². The molecule has 6 aromatic carbocycles. The van der Waals surface area contributed by atoms with Gasteiger partial charge in [-0.3, -0.25) is 0 Å². The van der Waals surface area contributed by atoms with E-state index in [9.17, 15) is 0 Å². The Bertz CT molecular complexity index is 2200. The van der Waals surface area contributed by atoms with E-state index in [1.165, 1.54) is 49.2 Å². The van der Waals surface area contributed by atoms with Crippen molar-refractivity contribution in [2.45, 2.75) is 0 Å². The Morgan fingerprint density at radius 2 is 1.00 bits per heavy atom. The second-order valence-electron chi connectivity index (χ2n) is 10.2. The van der Waals surface area contributed by atoms with Gasteiger partial charge < -0.3 is 13.9 Å². The lowest BCUT2D eigenvalue weighted by atomic mass is 10.0. The fourth-order valence-corrected chi connectivity index (χ4v) is 6.48. The van der Waals surface area contributed by atoms with Gasteiger partial charge in [-0.05, 0) is 48.0 Å². The molecule has 8 aromatic rings. The summed E-state index contributed by atoms with van der Waals surface area (Å²) in [7, 11) is 0. The molecule has 0 N–H and O–H groups in total. The van der Waals surface area contributed by atoms with Gasteiger partial charge in [-0.25, -0.2) is 0 Å². The Hall–Kier alpha value is -5.28. The van der Waals surface area contributed by atoms with Crippen molar-refractivity contribution in [3.63, 3.8) is 0 Å². The molecule has 0 spiro atoms. The van der Waals surface area contributed by atoms with Crippen molar-refractivity contribution in [2.75, 3.05) is 0 Å². The lowest BCUT2D eigenvalue weighted by molar-refractivity contribution is 0.476. The van der Waals surface area contributed by atoms with Gasteiger partial charge in [0.1, 0.15) is 0 Å². The molecule has 182 valence electrons. The van der Waals surface area contributed by atoms with Crippen LogP contribution in [-0.4, -0.2) is 9.13 Å². The molecular weight excluding hydrogens is 476 g/mol. The van der Waals surface area contributed by atoms with Gasteiger partial charge in [-0.1, -0.05) is 91.0 Å². The van der Waals surface area contributed by atoms with Crippen molar-refractivity contribution in [1.82, 2.24) is 9.13 Å². The lowest BCUT2D eigenvalue weighted by Gasteiger charge is -2.21.